The summed E-state index contributed by atoms with van der Waals surface area (Å²) >= 11 is 0. The van der Waals surface area contributed by atoms with E-state index in [4.69, 9.17) is 0 Å². The molecule has 1 heterocycles. The van der Waals surface area contributed by atoms with E-state index in [2.05, 4.69) is 5.32 Å². The predicted octanol–water partition coefficient (Wildman–Crippen LogP) is 5.43. The van der Waals surface area contributed by atoms with Crippen molar-refractivity contribution in [2.45, 2.75) is 51.0 Å². The fraction of sp³-hybridized carbons (Fsp3) is 0.429. The second-order valence-corrected chi connectivity index (χ2v) is 12.6. The summed E-state index contributed by atoms with van der Waals surface area (Å²) in [6.07, 6.45) is 1.23. The smallest absolute Gasteiger partial charge is 0.168 e. The number of benzene rings is 3. The molecule has 43 heavy (non-hydrogen) atoms. The Hall–Kier alpha value is -3.59. The molecule has 0 saturated carbocycles. The monoisotopic (exact) mass is 590 g/mol. The van der Waals surface area contributed by atoms with Crippen molar-refractivity contribution in [1.82, 2.24) is 10.2 Å². The van der Waals surface area contributed by atoms with Gasteiger partial charge < -0.3 is 25.5 Å². The number of nitrogens with one attached hydrogen (secondary N) is 1. The number of phenols is 2. The van der Waals surface area contributed by atoms with E-state index in [-0.39, 0.29) is 28.9 Å². The fourth-order valence-electron chi connectivity index (χ4n) is 6.41. The standard InChI is InChI=1S/C35H43FN2O5/c1-21-25(11-7-13-30(21)36)32-27(19-37-20-28(32)33(41)22-9-6-10-24(39)17-22)26-15-14-23(18-31(26)40)34(42)29(35(2,3)43)12-8-16-38(4)5/h6-7,9-11,13-15,17-18,27-29,32,37,39-40,43H,8,12,16,19-20H2,1-5H3/t27-,28+,29?,32-/m1/s1. The second kappa shape index (κ2) is 13.4. The minimum atomic E-state index is -1.25. The highest BCUT2D eigenvalue weighted by atomic mass is 19.1. The van der Waals surface area contributed by atoms with Gasteiger partial charge in [-0.05, 0) is 95.2 Å². The first-order valence-corrected chi connectivity index (χ1v) is 14.8. The van der Waals surface area contributed by atoms with Crippen molar-refractivity contribution in [2.75, 3.05) is 33.7 Å². The Labute approximate surface area is 253 Å². The molecule has 4 atom stereocenters. The number of hydrogen-bond acceptors (Lipinski definition) is 7. The maximum Gasteiger partial charge on any atom is 0.168 e. The van der Waals surface area contributed by atoms with Crippen LogP contribution in [-0.2, 0) is 0 Å². The number of rotatable bonds is 11. The number of hydrogen-bond donors (Lipinski definition) is 4. The zero-order chi connectivity index (χ0) is 31.5. The summed E-state index contributed by atoms with van der Waals surface area (Å²) in [6, 6.07) is 15.8. The molecule has 0 spiro atoms. The Morgan fingerprint density at radius 1 is 1.00 bits per heavy atom. The third-order valence-corrected chi connectivity index (χ3v) is 8.71. The molecule has 8 heteroatoms. The fourth-order valence-corrected chi connectivity index (χ4v) is 6.41. The van der Waals surface area contributed by atoms with Gasteiger partial charge in [0.1, 0.15) is 17.3 Å². The first-order chi connectivity index (χ1) is 20.3. The van der Waals surface area contributed by atoms with Gasteiger partial charge in [-0.2, -0.15) is 0 Å². The molecule has 3 aromatic carbocycles. The van der Waals surface area contributed by atoms with Crippen LogP contribution in [0, 0.1) is 24.6 Å². The average Bonchev–Trinajstić information content (AvgIpc) is 2.95. The van der Waals surface area contributed by atoms with Crippen LogP contribution in [0.3, 0.4) is 0 Å². The van der Waals surface area contributed by atoms with Gasteiger partial charge >= 0.3 is 0 Å². The van der Waals surface area contributed by atoms with E-state index >= 15 is 0 Å². The van der Waals surface area contributed by atoms with Gasteiger partial charge in [0, 0.05) is 42.0 Å². The molecule has 1 saturated heterocycles. The van der Waals surface area contributed by atoms with Gasteiger partial charge in [-0.1, -0.05) is 36.4 Å². The van der Waals surface area contributed by atoms with Crippen molar-refractivity contribution < 1.29 is 29.3 Å². The highest BCUT2D eigenvalue weighted by molar-refractivity contribution is 6.00. The van der Waals surface area contributed by atoms with Gasteiger partial charge in [0.25, 0.3) is 0 Å². The normalized spacial score (nSPS) is 19.8. The highest BCUT2D eigenvalue weighted by Crippen LogP contribution is 2.46. The van der Waals surface area contributed by atoms with E-state index in [1.807, 2.05) is 25.1 Å². The molecule has 0 bridgehead atoms. The average molecular weight is 591 g/mol. The third kappa shape index (κ3) is 7.32. The predicted molar refractivity (Wildman–Crippen MR) is 165 cm³/mol. The number of phenolic OH excluding ortho intramolecular Hbond substituents is 2. The van der Waals surface area contributed by atoms with Crippen LogP contribution in [-0.4, -0.2) is 71.1 Å². The van der Waals surface area contributed by atoms with Crippen LogP contribution >= 0.6 is 0 Å². The Morgan fingerprint density at radius 2 is 1.72 bits per heavy atom. The van der Waals surface area contributed by atoms with Crippen LogP contribution in [0.2, 0.25) is 0 Å². The van der Waals surface area contributed by atoms with Crippen molar-refractivity contribution in [2.24, 2.45) is 11.8 Å². The van der Waals surface area contributed by atoms with Gasteiger partial charge in [-0.25, -0.2) is 4.39 Å². The summed E-state index contributed by atoms with van der Waals surface area (Å²) in [5, 5.41) is 35.5. The molecule has 4 N–H and O–H groups in total. The van der Waals surface area contributed by atoms with E-state index in [0.717, 1.165) is 13.0 Å². The van der Waals surface area contributed by atoms with E-state index in [9.17, 15) is 29.3 Å². The summed E-state index contributed by atoms with van der Waals surface area (Å²) < 4.78 is 14.8. The Morgan fingerprint density at radius 3 is 2.37 bits per heavy atom. The second-order valence-electron chi connectivity index (χ2n) is 12.6. The molecule has 1 aliphatic rings. The van der Waals surface area contributed by atoms with E-state index in [1.54, 1.807) is 51.1 Å². The highest BCUT2D eigenvalue weighted by Gasteiger charge is 2.42. The van der Waals surface area contributed by atoms with Gasteiger partial charge in [-0.3, -0.25) is 9.59 Å². The Bertz CT molecular complexity index is 1460. The van der Waals surface area contributed by atoms with Crippen molar-refractivity contribution in [1.29, 1.82) is 0 Å². The summed E-state index contributed by atoms with van der Waals surface area (Å²) in [6.45, 7) is 6.48. The number of aliphatic hydroxyl groups is 1. The first kappa shape index (κ1) is 32.3. The van der Waals surface area contributed by atoms with Crippen LogP contribution in [0.5, 0.6) is 11.5 Å². The lowest BCUT2D eigenvalue weighted by Crippen LogP contribution is -2.44. The van der Waals surface area contributed by atoms with Crippen LogP contribution in [0.15, 0.2) is 60.7 Å². The largest absolute Gasteiger partial charge is 0.508 e. The first-order valence-electron chi connectivity index (χ1n) is 14.8. The van der Waals surface area contributed by atoms with Crippen LogP contribution in [0.25, 0.3) is 0 Å². The third-order valence-electron chi connectivity index (χ3n) is 8.71. The van der Waals surface area contributed by atoms with Gasteiger partial charge in [0.2, 0.25) is 0 Å². The Balaban J connectivity index is 1.73. The van der Waals surface area contributed by atoms with Crippen LogP contribution in [0.4, 0.5) is 4.39 Å². The maximum atomic E-state index is 14.8. The number of halogens is 1. The molecule has 7 nitrogen and oxygen atoms in total. The van der Waals surface area contributed by atoms with Crippen molar-refractivity contribution in [3.63, 3.8) is 0 Å². The molecule has 1 fully saturated rings. The number of ketones is 2. The molecule has 0 amide bonds. The molecule has 230 valence electrons. The molecule has 3 aromatic rings. The number of carbonyl (C=O) groups excluding carboxylic acids is 2. The summed E-state index contributed by atoms with van der Waals surface area (Å²) in [7, 11) is 3.91. The van der Waals surface area contributed by atoms with Gasteiger partial charge in [-0.15, -0.1) is 0 Å². The SMILES string of the molecule is Cc1c(F)cccc1[C@H]1[C@@H](C(=O)c2cccc(O)c2)CNC[C@@H]1c1ccc(C(=O)C(CCCN(C)C)C(C)(C)O)cc1O. The number of carbonyl (C=O) groups is 2. The lowest BCUT2D eigenvalue weighted by Gasteiger charge is -2.39. The Kier molecular flexibility index (Phi) is 10.1. The topological polar surface area (TPSA) is 110 Å². The van der Waals surface area contributed by atoms with Crippen molar-refractivity contribution >= 4 is 11.6 Å². The summed E-state index contributed by atoms with van der Waals surface area (Å²) in [5.41, 5.74) is 1.05. The van der Waals surface area contributed by atoms with Gasteiger partial charge in [0.15, 0.2) is 11.6 Å². The van der Waals surface area contributed by atoms with Crippen LogP contribution < -0.4 is 5.32 Å². The zero-order valence-corrected chi connectivity index (χ0v) is 25.6. The maximum absolute atomic E-state index is 14.8. The number of aromatic hydroxyl groups is 2. The van der Waals surface area contributed by atoms with E-state index < -0.39 is 29.3 Å². The van der Waals surface area contributed by atoms with Crippen molar-refractivity contribution in [3.8, 4) is 11.5 Å². The molecule has 0 aliphatic carbocycles. The number of piperidine rings is 1. The lowest BCUT2D eigenvalue weighted by atomic mass is 9.68. The molecule has 1 unspecified atom stereocenters. The number of Topliss-reactive ketones (excluding diaryl/α,β-unsaturated/α-hetero) is 2. The zero-order valence-electron chi connectivity index (χ0n) is 25.6. The van der Waals surface area contributed by atoms with Crippen molar-refractivity contribution in [3.05, 3.63) is 94.3 Å². The van der Waals surface area contributed by atoms with Crippen LogP contribution in [0.1, 0.15) is 75.9 Å². The summed E-state index contributed by atoms with van der Waals surface area (Å²) in [4.78, 5) is 29.5. The molecule has 4 rings (SSSR count). The minimum absolute atomic E-state index is 0.0198. The molecule has 1 aliphatic heterocycles. The summed E-state index contributed by atoms with van der Waals surface area (Å²) in [5.74, 6) is -3.11. The molecular formula is C35H43FN2O5. The number of nitrogens with zero attached hydrogens (tertiary/aromatic N) is 1. The van der Waals surface area contributed by atoms with E-state index in [0.29, 0.717) is 47.3 Å². The van der Waals surface area contributed by atoms with E-state index in [1.165, 1.54) is 24.3 Å². The lowest BCUT2D eigenvalue weighted by molar-refractivity contribution is 0.0152. The van der Waals surface area contributed by atoms with Gasteiger partial charge in [0.05, 0.1) is 11.5 Å². The molecular weight excluding hydrogens is 547 g/mol. The quantitative estimate of drug-likeness (QED) is 0.221. The molecule has 0 aromatic heterocycles. The molecule has 0 radical (unpaired) electrons. The minimum Gasteiger partial charge on any atom is -0.508 e.